The highest BCUT2D eigenvalue weighted by molar-refractivity contribution is 9.10. The Hall–Kier alpha value is -6.42. The topological polar surface area (TPSA) is 203 Å². The number of nitrogens with two attached hydrogens (primary N) is 2. The van der Waals surface area contributed by atoms with E-state index in [2.05, 4.69) is 63.3 Å². The van der Waals surface area contributed by atoms with Crippen molar-refractivity contribution < 1.29 is 47.4 Å². The summed E-state index contributed by atoms with van der Waals surface area (Å²) >= 11 is 3.50. The largest absolute Gasteiger partial charge is 0.490 e. The molecule has 6 aliphatic rings. The zero-order valence-corrected chi connectivity index (χ0v) is 42.4. The SMILES string of the molecule is CN1C(=O)C2(CC(C3CCOC(C)(C)C3)Oc3ccc(Br)cc32)N=C1N.[C-]#[N+]c1cccc(-c2ccc3c(c2)C2(CC(C4CCOC(C)(C)C4)O3)N=C(N)N(C)C2=O)c1F.[C-]#[N+]c1cccc(B(O)O)c1F. The van der Waals surface area contributed by atoms with E-state index in [0.29, 0.717) is 54.6 Å². The Balaban J connectivity index is 0.000000161. The Morgan fingerprint density at radius 1 is 0.708 bits per heavy atom. The summed E-state index contributed by atoms with van der Waals surface area (Å²) in [6.45, 7) is 23.4. The van der Waals surface area contributed by atoms with Gasteiger partial charge >= 0.3 is 7.12 Å². The van der Waals surface area contributed by atoms with Gasteiger partial charge in [0, 0.05) is 78.6 Å². The van der Waals surface area contributed by atoms with E-state index in [0.717, 1.165) is 35.7 Å². The molecule has 376 valence electrons. The number of guanidine groups is 2. The van der Waals surface area contributed by atoms with Crippen molar-refractivity contribution in [2.24, 2.45) is 33.3 Å². The van der Waals surface area contributed by atoms with E-state index in [-0.39, 0.29) is 75.5 Å². The van der Waals surface area contributed by atoms with E-state index in [1.165, 1.54) is 34.1 Å². The molecule has 2 saturated heterocycles. The predicted octanol–water partition coefficient (Wildman–Crippen LogP) is 7.23. The lowest BCUT2D eigenvalue weighted by molar-refractivity contribution is -0.135. The molecule has 2 fully saturated rings. The molecule has 0 bridgehead atoms. The summed E-state index contributed by atoms with van der Waals surface area (Å²) in [6.07, 6.45) is 3.95. The highest BCUT2D eigenvalue weighted by Gasteiger charge is 2.57. The molecule has 0 radical (unpaired) electrons. The van der Waals surface area contributed by atoms with Crippen LogP contribution in [0.25, 0.3) is 20.8 Å². The number of hydrogen-bond acceptors (Lipinski definition) is 12. The van der Waals surface area contributed by atoms with Gasteiger partial charge in [0.1, 0.15) is 35.3 Å². The normalized spacial score (nSPS) is 26.5. The number of rotatable bonds is 4. The lowest BCUT2D eigenvalue weighted by atomic mass is 9.74. The molecule has 4 aromatic rings. The maximum Gasteiger partial charge on any atom is 0.490 e. The molecule has 6 unspecified atom stereocenters. The summed E-state index contributed by atoms with van der Waals surface area (Å²) < 4.78 is 53.4. The van der Waals surface area contributed by atoms with E-state index in [1.54, 1.807) is 44.4 Å². The van der Waals surface area contributed by atoms with Crippen molar-refractivity contribution in [2.45, 2.75) is 101 Å². The summed E-state index contributed by atoms with van der Waals surface area (Å²) in [5.74, 6) is 0.391. The summed E-state index contributed by atoms with van der Waals surface area (Å²) in [7, 11) is 1.42. The molecule has 2 spiro atoms. The highest BCUT2D eigenvalue weighted by Crippen LogP contribution is 2.52. The first kappa shape index (κ1) is 51.9. The fourth-order valence-corrected chi connectivity index (χ4v) is 11.0. The zero-order chi connectivity index (χ0) is 52.1. The van der Waals surface area contributed by atoms with Gasteiger partial charge in [0.2, 0.25) is 11.4 Å². The van der Waals surface area contributed by atoms with E-state index in [4.69, 9.17) is 53.6 Å². The molecule has 0 saturated carbocycles. The van der Waals surface area contributed by atoms with Crippen LogP contribution in [0.5, 0.6) is 11.5 Å². The van der Waals surface area contributed by atoms with Gasteiger partial charge < -0.3 is 40.5 Å². The second kappa shape index (κ2) is 19.9. The Bertz CT molecular complexity index is 2960. The first-order valence-corrected chi connectivity index (χ1v) is 24.3. The minimum atomic E-state index is -1.87. The van der Waals surface area contributed by atoms with Crippen molar-refractivity contribution in [1.82, 2.24) is 9.80 Å². The van der Waals surface area contributed by atoms with Crippen LogP contribution in [0.1, 0.15) is 77.3 Å². The maximum absolute atomic E-state index is 15.0. The van der Waals surface area contributed by atoms with E-state index in [9.17, 15) is 18.4 Å². The van der Waals surface area contributed by atoms with Gasteiger partial charge in [-0.15, -0.1) is 0 Å². The second-order valence-corrected chi connectivity index (χ2v) is 21.0. The minimum Gasteiger partial charge on any atom is -0.490 e. The zero-order valence-electron chi connectivity index (χ0n) is 40.8. The average Bonchev–Trinajstić information content (AvgIpc) is 3.69. The Kier molecular flexibility index (Phi) is 14.3. The van der Waals surface area contributed by atoms with Gasteiger partial charge in [-0.1, -0.05) is 58.4 Å². The number of hydrogen-bond donors (Lipinski definition) is 4. The first-order chi connectivity index (χ1) is 34.0. The molecule has 6 N–H and O–H groups in total. The summed E-state index contributed by atoms with van der Waals surface area (Å²) in [5.41, 5.74) is 11.1. The van der Waals surface area contributed by atoms with Gasteiger partial charge in [0.25, 0.3) is 11.8 Å². The lowest BCUT2D eigenvalue weighted by Crippen LogP contribution is -2.49. The fourth-order valence-electron chi connectivity index (χ4n) is 10.7. The number of benzene rings is 4. The van der Waals surface area contributed by atoms with Crippen molar-refractivity contribution in [2.75, 3.05) is 27.3 Å². The summed E-state index contributed by atoms with van der Waals surface area (Å²) in [6, 6.07) is 19.6. The van der Waals surface area contributed by atoms with E-state index >= 15 is 0 Å². The Morgan fingerprint density at radius 2 is 1.18 bits per heavy atom. The second-order valence-electron chi connectivity index (χ2n) is 20.1. The predicted molar refractivity (Wildman–Crippen MR) is 270 cm³/mol. The number of nitrogens with zero attached hydrogens (tertiary/aromatic N) is 6. The van der Waals surface area contributed by atoms with Gasteiger partial charge in [0.15, 0.2) is 23.0 Å². The molecular weight excluding hydrogens is 993 g/mol. The smallest absolute Gasteiger partial charge is 0.490 e. The van der Waals surface area contributed by atoms with Gasteiger partial charge in [-0.25, -0.2) is 28.5 Å². The van der Waals surface area contributed by atoms with E-state index < -0.39 is 29.8 Å². The number of ether oxygens (including phenoxy) is 4. The number of carbonyl (C=O) groups is 2. The summed E-state index contributed by atoms with van der Waals surface area (Å²) in [5, 5.41) is 17.3. The molecule has 0 aliphatic carbocycles. The molecule has 10 rings (SSSR count). The average molecular weight is 1050 g/mol. The number of likely N-dealkylation sites (N-methyl/N-ethyl adjacent to an activating group) is 2. The third-order valence-corrected chi connectivity index (χ3v) is 14.8. The quantitative estimate of drug-likeness (QED) is 0.119. The molecule has 20 heteroatoms. The summed E-state index contributed by atoms with van der Waals surface area (Å²) in [4.78, 5) is 45.0. The fraction of sp³-hybridized carbons (Fsp3) is 0.423. The van der Waals surface area contributed by atoms with Gasteiger partial charge in [-0.2, -0.15) is 0 Å². The van der Waals surface area contributed by atoms with Crippen molar-refractivity contribution >= 4 is 63.6 Å². The van der Waals surface area contributed by atoms with Crippen LogP contribution in [0.2, 0.25) is 0 Å². The standard InChI is InChI=1S/C26H27FN4O3.C19H24BrN3O3.C7H5BFNO2/c1-25(2)13-16(10-11-33-25)21-14-26(23(32)31(4)24(28)30-26)18-12-15(8-9-20(18)34-21)17-6-5-7-19(29-3)22(17)27;1-18(2)9-11(6-7-25-18)15-10-19(16(24)23(3)17(21)22-19)13-8-12(20)4-5-14(13)26-15;1-10-6-4-2-3-5(7(6)9)8(11)12/h5-9,12,16,21H,10-11,13-14H2,1-2,4H3,(H2,28,30);4-5,8,11,15H,6-7,9-10H2,1-3H3,(H2,21,22);2-4,11-12H. The van der Waals surface area contributed by atoms with Crippen LogP contribution in [0, 0.1) is 36.6 Å². The van der Waals surface area contributed by atoms with Crippen molar-refractivity contribution in [1.29, 1.82) is 0 Å². The van der Waals surface area contributed by atoms with Crippen LogP contribution in [0.15, 0.2) is 87.3 Å². The molecule has 2 amide bonds. The molecule has 6 atom stereocenters. The lowest BCUT2D eigenvalue weighted by Gasteiger charge is -2.44. The van der Waals surface area contributed by atoms with Crippen LogP contribution < -0.4 is 26.4 Å². The van der Waals surface area contributed by atoms with Crippen LogP contribution in [-0.4, -0.2) is 101 Å². The number of aliphatic imine (C=N–C) groups is 2. The number of carbonyl (C=O) groups excluding carboxylic acids is 2. The molecule has 0 aromatic heterocycles. The third-order valence-electron chi connectivity index (χ3n) is 14.3. The van der Waals surface area contributed by atoms with Gasteiger partial charge in [-0.05, 0) is 89.3 Å². The van der Waals surface area contributed by atoms with Crippen LogP contribution in [0.3, 0.4) is 0 Å². The number of fused-ring (bicyclic) bond motifs is 4. The molecule has 72 heavy (non-hydrogen) atoms. The molecule has 6 heterocycles. The molecule has 6 aliphatic heterocycles. The van der Waals surface area contributed by atoms with Crippen molar-refractivity contribution in [3.8, 4) is 22.6 Å². The maximum atomic E-state index is 15.0. The first-order valence-electron chi connectivity index (χ1n) is 23.5. The highest BCUT2D eigenvalue weighted by atomic mass is 79.9. The third kappa shape index (κ3) is 9.78. The Labute approximate surface area is 425 Å². The van der Waals surface area contributed by atoms with Crippen molar-refractivity contribution in [3.63, 3.8) is 0 Å². The van der Waals surface area contributed by atoms with E-state index in [1.807, 2.05) is 18.2 Å². The van der Waals surface area contributed by atoms with Crippen LogP contribution in [0.4, 0.5) is 20.2 Å². The Morgan fingerprint density at radius 3 is 1.64 bits per heavy atom. The van der Waals surface area contributed by atoms with Crippen LogP contribution >= 0.6 is 15.9 Å². The number of amides is 2. The van der Waals surface area contributed by atoms with Crippen LogP contribution in [-0.2, 0) is 30.1 Å². The molecule has 4 aromatic carbocycles. The monoisotopic (exact) mass is 1050 g/mol. The minimum absolute atomic E-state index is 0.0534. The number of halogens is 3. The van der Waals surface area contributed by atoms with Crippen molar-refractivity contribution in [3.05, 3.63) is 123 Å². The van der Waals surface area contributed by atoms with Gasteiger partial charge in [0.05, 0.1) is 24.3 Å². The van der Waals surface area contributed by atoms with Gasteiger partial charge in [-0.3, -0.25) is 19.4 Å². The molecular formula is C52H56BBrF2N8O8. The molecule has 16 nitrogen and oxygen atoms in total.